The topological polar surface area (TPSA) is 63.2 Å². The first kappa shape index (κ1) is 15.6. The number of nitrogens with one attached hydrogen (secondary N) is 2. The molecular formula is C13H20ClN3O2. The smallest absolute Gasteiger partial charge is 0.407 e. The maximum atomic E-state index is 11.5. The quantitative estimate of drug-likeness (QED) is 0.835. The number of alkyl carbamates (subject to hydrolysis) is 1. The molecule has 1 atom stereocenters. The van der Waals surface area contributed by atoms with Gasteiger partial charge in [-0.05, 0) is 39.8 Å². The third-order valence-electron chi connectivity index (χ3n) is 2.09. The summed E-state index contributed by atoms with van der Waals surface area (Å²) in [6, 6.07) is 3.59. The van der Waals surface area contributed by atoms with Crippen LogP contribution in [0.25, 0.3) is 0 Å². The molecule has 6 heteroatoms. The number of amides is 1. The Morgan fingerprint density at radius 2 is 2.16 bits per heavy atom. The fraction of sp³-hybridized carbons (Fsp3) is 0.538. The third kappa shape index (κ3) is 6.86. The van der Waals surface area contributed by atoms with Crippen LogP contribution in [-0.4, -0.2) is 29.3 Å². The molecule has 0 aromatic carbocycles. The number of rotatable bonds is 4. The summed E-state index contributed by atoms with van der Waals surface area (Å²) in [6.07, 6.45) is 1.22. The van der Waals surface area contributed by atoms with E-state index in [4.69, 9.17) is 16.3 Å². The van der Waals surface area contributed by atoms with E-state index in [0.29, 0.717) is 11.7 Å². The van der Waals surface area contributed by atoms with Gasteiger partial charge < -0.3 is 15.4 Å². The molecule has 2 N–H and O–H groups in total. The second kappa shape index (κ2) is 6.61. The van der Waals surface area contributed by atoms with Gasteiger partial charge in [-0.2, -0.15) is 0 Å². The van der Waals surface area contributed by atoms with Gasteiger partial charge in [-0.3, -0.25) is 0 Å². The SMILES string of the molecule is CC(CNC(=O)OC(C)(C)C)Nc1ccc(Cl)nc1. The number of halogens is 1. The minimum Gasteiger partial charge on any atom is -0.444 e. The first-order valence-corrected chi connectivity index (χ1v) is 6.49. The molecule has 0 bridgehead atoms. The van der Waals surface area contributed by atoms with Gasteiger partial charge in [-0.25, -0.2) is 9.78 Å². The first-order chi connectivity index (χ1) is 8.76. The summed E-state index contributed by atoms with van der Waals surface area (Å²) in [5, 5.41) is 6.35. The predicted molar refractivity (Wildman–Crippen MR) is 76.6 cm³/mol. The molecule has 0 fully saturated rings. The molecule has 5 nitrogen and oxygen atoms in total. The summed E-state index contributed by atoms with van der Waals surface area (Å²) < 4.78 is 5.15. The van der Waals surface area contributed by atoms with Crippen LogP contribution in [0.1, 0.15) is 27.7 Å². The number of aromatic nitrogens is 1. The zero-order valence-electron chi connectivity index (χ0n) is 11.7. The van der Waals surface area contributed by atoms with E-state index in [1.807, 2.05) is 33.8 Å². The van der Waals surface area contributed by atoms with Gasteiger partial charge in [-0.15, -0.1) is 0 Å². The van der Waals surface area contributed by atoms with Gasteiger partial charge in [0.2, 0.25) is 0 Å². The zero-order valence-corrected chi connectivity index (χ0v) is 12.4. The van der Waals surface area contributed by atoms with E-state index in [1.54, 1.807) is 12.3 Å². The van der Waals surface area contributed by atoms with Gasteiger partial charge >= 0.3 is 6.09 Å². The normalized spacial score (nSPS) is 12.7. The van der Waals surface area contributed by atoms with Crippen LogP contribution in [0.2, 0.25) is 5.15 Å². The molecule has 0 saturated heterocycles. The number of hydrogen-bond acceptors (Lipinski definition) is 4. The van der Waals surface area contributed by atoms with E-state index in [2.05, 4.69) is 15.6 Å². The van der Waals surface area contributed by atoms with Crippen LogP contribution in [0.3, 0.4) is 0 Å². The second-order valence-electron chi connectivity index (χ2n) is 5.30. The monoisotopic (exact) mass is 285 g/mol. The maximum absolute atomic E-state index is 11.5. The Hall–Kier alpha value is -1.49. The van der Waals surface area contributed by atoms with Crippen LogP contribution in [0, 0.1) is 0 Å². The number of nitrogens with zero attached hydrogens (tertiary/aromatic N) is 1. The molecule has 0 radical (unpaired) electrons. The minimum atomic E-state index is -0.485. The van der Waals surface area contributed by atoms with Crippen LogP contribution in [0.15, 0.2) is 18.3 Å². The Labute approximate surface area is 118 Å². The van der Waals surface area contributed by atoms with Crippen LogP contribution in [-0.2, 0) is 4.74 Å². The molecule has 106 valence electrons. The van der Waals surface area contributed by atoms with Crippen molar-refractivity contribution in [3.05, 3.63) is 23.5 Å². The van der Waals surface area contributed by atoms with E-state index in [1.165, 1.54) is 0 Å². The van der Waals surface area contributed by atoms with Crippen molar-refractivity contribution in [2.24, 2.45) is 0 Å². The van der Waals surface area contributed by atoms with Crippen molar-refractivity contribution in [2.75, 3.05) is 11.9 Å². The van der Waals surface area contributed by atoms with E-state index in [-0.39, 0.29) is 6.04 Å². The third-order valence-corrected chi connectivity index (χ3v) is 2.32. The molecule has 19 heavy (non-hydrogen) atoms. The lowest BCUT2D eigenvalue weighted by molar-refractivity contribution is 0.0526. The van der Waals surface area contributed by atoms with Crippen molar-refractivity contribution < 1.29 is 9.53 Å². The molecule has 1 aromatic heterocycles. The number of ether oxygens (including phenoxy) is 1. The summed E-state index contributed by atoms with van der Waals surface area (Å²) in [4.78, 5) is 15.4. The van der Waals surface area contributed by atoms with E-state index < -0.39 is 11.7 Å². The Morgan fingerprint density at radius 1 is 1.47 bits per heavy atom. The van der Waals surface area contributed by atoms with Crippen LogP contribution < -0.4 is 10.6 Å². The van der Waals surface area contributed by atoms with Crippen molar-refractivity contribution in [2.45, 2.75) is 39.3 Å². The molecule has 1 aromatic rings. The lowest BCUT2D eigenvalue weighted by Crippen LogP contribution is -2.38. The summed E-state index contributed by atoms with van der Waals surface area (Å²) in [7, 11) is 0. The Bertz CT molecular complexity index is 415. The van der Waals surface area contributed by atoms with Crippen molar-refractivity contribution in [1.29, 1.82) is 0 Å². The summed E-state index contributed by atoms with van der Waals surface area (Å²) in [5.41, 5.74) is 0.365. The van der Waals surface area contributed by atoms with Gasteiger partial charge in [0.05, 0.1) is 11.9 Å². The lowest BCUT2D eigenvalue weighted by atomic mass is 10.2. The van der Waals surface area contributed by atoms with Crippen molar-refractivity contribution >= 4 is 23.4 Å². The highest BCUT2D eigenvalue weighted by molar-refractivity contribution is 6.29. The van der Waals surface area contributed by atoms with E-state index in [0.717, 1.165) is 5.69 Å². The molecular weight excluding hydrogens is 266 g/mol. The lowest BCUT2D eigenvalue weighted by Gasteiger charge is -2.21. The Balaban J connectivity index is 2.33. The average molecular weight is 286 g/mol. The minimum absolute atomic E-state index is 0.0514. The van der Waals surface area contributed by atoms with Gasteiger partial charge in [0.1, 0.15) is 10.8 Å². The van der Waals surface area contributed by atoms with Crippen LogP contribution in [0.5, 0.6) is 0 Å². The highest BCUT2D eigenvalue weighted by Crippen LogP contribution is 2.10. The van der Waals surface area contributed by atoms with E-state index >= 15 is 0 Å². The molecule has 0 saturated carbocycles. The number of anilines is 1. The van der Waals surface area contributed by atoms with Crippen molar-refractivity contribution in [3.63, 3.8) is 0 Å². The fourth-order valence-electron chi connectivity index (χ4n) is 1.35. The largest absolute Gasteiger partial charge is 0.444 e. The Morgan fingerprint density at radius 3 is 2.68 bits per heavy atom. The van der Waals surface area contributed by atoms with E-state index in [9.17, 15) is 4.79 Å². The molecule has 1 heterocycles. The van der Waals surface area contributed by atoms with Gasteiger partial charge in [-0.1, -0.05) is 11.6 Å². The highest BCUT2D eigenvalue weighted by Gasteiger charge is 2.16. The summed E-state index contributed by atoms with van der Waals surface area (Å²) >= 11 is 5.70. The van der Waals surface area contributed by atoms with Crippen LogP contribution in [0.4, 0.5) is 10.5 Å². The number of carbonyl (C=O) groups excluding carboxylic acids is 1. The predicted octanol–water partition coefficient (Wildman–Crippen LogP) is 3.06. The van der Waals surface area contributed by atoms with Crippen LogP contribution >= 0.6 is 11.6 Å². The van der Waals surface area contributed by atoms with Gasteiger partial charge in [0.25, 0.3) is 0 Å². The van der Waals surface area contributed by atoms with Crippen molar-refractivity contribution in [3.8, 4) is 0 Å². The molecule has 0 aliphatic heterocycles. The summed E-state index contributed by atoms with van der Waals surface area (Å²) in [5.74, 6) is 0. The molecule has 0 spiro atoms. The molecule has 0 aliphatic carbocycles. The number of carbonyl (C=O) groups is 1. The zero-order chi connectivity index (χ0) is 14.5. The summed E-state index contributed by atoms with van der Waals surface area (Å²) in [6.45, 7) is 7.89. The molecule has 1 unspecified atom stereocenters. The number of hydrogen-bond donors (Lipinski definition) is 2. The maximum Gasteiger partial charge on any atom is 0.407 e. The highest BCUT2D eigenvalue weighted by atomic mass is 35.5. The standard InChI is InChI=1S/C13H20ClN3O2/c1-9(7-16-12(18)19-13(2,3)4)17-10-5-6-11(14)15-8-10/h5-6,8-9,17H,7H2,1-4H3,(H,16,18). The fourth-order valence-corrected chi connectivity index (χ4v) is 1.46. The van der Waals surface area contributed by atoms with Gasteiger partial charge in [0, 0.05) is 12.6 Å². The van der Waals surface area contributed by atoms with Crippen molar-refractivity contribution in [1.82, 2.24) is 10.3 Å². The molecule has 1 rings (SSSR count). The Kier molecular flexibility index (Phi) is 5.42. The second-order valence-corrected chi connectivity index (χ2v) is 5.69. The molecule has 1 amide bonds. The first-order valence-electron chi connectivity index (χ1n) is 6.11. The molecule has 0 aliphatic rings. The van der Waals surface area contributed by atoms with Gasteiger partial charge in [0.15, 0.2) is 0 Å². The average Bonchev–Trinajstić information content (AvgIpc) is 2.27. The number of pyridine rings is 1.